The van der Waals surface area contributed by atoms with Crippen molar-refractivity contribution in [3.63, 3.8) is 0 Å². The van der Waals surface area contributed by atoms with Crippen LogP contribution in [0.3, 0.4) is 0 Å². The number of piperazine rings is 1. The van der Waals surface area contributed by atoms with E-state index in [-0.39, 0.29) is 27.1 Å². The molecule has 214 valence electrons. The number of thiophene rings is 1. The minimum atomic E-state index is -0.607. The number of fused-ring (bicyclic) bond motifs is 1. The van der Waals surface area contributed by atoms with Gasteiger partial charge in [0.15, 0.2) is 0 Å². The summed E-state index contributed by atoms with van der Waals surface area (Å²) in [6.07, 6.45) is 0. The number of halogens is 1. The average molecular weight is 603 g/mol. The normalized spacial score (nSPS) is 13.3. The molecule has 2 heterocycles. The Morgan fingerprint density at radius 3 is 2.31 bits per heavy atom. The molecule has 0 aliphatic carbocycles. The first kappa shape index (κ1) is 28.9. The van der Waals surface area contributed by atoms with Crippen molar-refractivity contribution in [1.29, 1.82) is 5.26 Å². The van der Waals surface area contributed by atoms with Crippen molar-refractivity contribution < 1.29 is 19.1 Å². The van der Waals surface area contributed by atoms with Crippen LogP contribution in [0, 0.1) is 11.3 Å². The van der Waals surface area contributed by atoms with E-state index in [9.17, 15) is 14.4 Å². The summed E-state index contributed by atoms with van der Waals surface area (Å²) in [5, 5.41) is 13.2. The topological polar surface area (TPSA) is 127 Å². The van der Waals surface area contributed by atoms with E-state index in [2.05, 4.69) is 27.1 Å². The Morgan fingerprint density at radius 2 is 1.62 bits per heavy atom. The van der Waals surface area contributed by atoms with Crippen molar-refractivity contribution >= 4 is 62.1 Å². The molecule has 4 aromatic rings. The lowest BCUT2D eigenvalue weighted by molar-refractivity contribution is 0.0663. The predicted octanol–water partition coefficient (Wildman–Crippen LogP) is 4.64. The van der Waals surface area contributed by atoms with E-state index < -0.39 is 11.8 Å². The number of nitriles is 1. The fourth-order valence-electron chi connectivity index (χ4n) is 4.53. The maximum atomic E-state index is 13.0. The van der Waals surface area contributed by atoms with E-state index in [0.717, 1.165) is 29.2 Å². The molecular weight excluding hydrogens is 576 g/mol. The lowest BCUT2D eigenvalue weighted by Gasteiger charge is -2.32. The first-order chi connectivity index (χ1) is 20.3. The minimum absolute atomic E-state index is 0.128. The van der Waals surface area contributed by atoms with E-state index in [0.29, 0.717) is 29.6 Å². The summed E-state index contributed by atoms with van der Waals surface area (Å²) in [4.78, 5) is 43.0. The zero-order valence-corrected chi connectivity index (χ0v) is 24.4. The van der Waals surface area contributed by atoms with Crippen LogP contribution in [0.25, 0.3) is 10.1 Å². The van der Waals surface area contributed by atoms with Crippen LogP contribution < -0.4 is 20.9 Å². The van der Waals surface area contributed by atoms with Gasteiger partial charge in [0.2, 0.25) is 0 Å². The molecule has 3 aromatic carbocycles. The standard InChI is InChI=1S/C30H27ClN6O4S/c1-36-11-13-37(14-12-36)30(40)19-5-9-22(24(15-19)41-2)28(38)34-35-29(39)27-26(31)23-10-8-21(16-25(23)42-27)33-20-6-3-18(17-32)4-7-20/h3-10,15-16,33H,11-14H2,1-2H3,(H,34,38)(H,35,39). The van der Waals surface area contributed by atoms with Gasteiger partial charge in [0.1, 0.15) is 10.6 Å². The third kappa shape index (κ3) is 6.16. The van der Waals surface area contributed by atoms with Crippen molar-refractivity contribution in [3.05, 3.63) is 87.3 Å². The lowest BCUT2D eigenvalue weighted by Crippen LogP contribution is -2.47. The second kappa shape index (κ2) is 12.5. The molecule has 1 fully saturated rings. The summed E-state index contributed by atoms with van der Waals surface area (Å²) in [7, 11) is 3.43. The molecule has 0 spiro atoms. The molecule has 12 heteroatoms. The van der Waals surface area contributed by atoms with Crippen LogP contribution in [0.2, 0.25) is 5.02 Å². The molecule has 42 heavy (non-hydrogen) atoms. The highest BCUT2D eigenvalue weighted by atomic mass is 35.5. The van der Waals surface area contributed by atoms with E-state index in [4.69, 9.17) is 21.6 Å². The van der Waals surface area contributed by atoms with Crippen LogP contribution in [0.4, 0.5) is 11.4 Å². The largest absolute Gasteiger partial charge is 0.496 e. The van der Waals surface area contributed by atoms with E-state index in [1.165, 1.54) is 30.6 Å². The first-order valence-corrected chi connectivity index (χ1v) is 14.2. The molecule has 1 aliphatic heterocycles. The van der Waals surface area contributed by atoms with Gasteiger partial charge >= 0.3 is 0 Å². The van der Waals surface area contributed by atoms with E-state index in [1.807, 2.05) is 25.2 Å². The van der Waals surface area contributed by atoms with Gasteiger partial charge in [0, 0.05) is 53.2 Å². The van der Waals surface area contributed by atoms with Crippen molar-refractivity contribution in [3.8, 4) is 11.8 Å². The molecule has 5 rings (SSSR count). The SMILES string of the molecule is COc1cc(C(=O)N2CCN(C)CC2)ccc1C(=O)NNC(=O)c1sc2cc(Nc3ccc(C#N)cc3)ccc2c1Cl. The summed E-state index contributed by atoms with van der Waals surface area (Å²) in [5.74, 6) is -1.10. The maximum Gasteiger partial charge on any atom is 0.281 e. The van der Waals surface area contributed by atoms with Crippen LogP contribution in [0.1, 0.15) is 36.0 Å². The molecule has 3 amide bonds. The number of carbonyl (C=O) groups excluding carboxylic acids is 3. The molecule has 0 saturated carbocycles. The molecule has 10 nitrogen and oxygen atoms in total. The third-order valence-corrected chi connectivity index (χ3v) is 8.57. The fraction of sp³-hybridized carbons (Fsp3) is 0.200. The number of hydrogen-bond acceptors (Lipinski definition) is 8. The number of carbonyl (C=O) groups is 3. The lowest BCUT2D eigenvalue weighted by atomic mass is 10.1. The first-order valence-electron chi connectivity index (χ1n) is 13.0. The number of benzene rings is 3. The molecule has 3 N–H and O–H groups in total. The second-order valence-corrected chi connectivity index (χ2v) is 11.1. The monoisotopic (exact) mass is 602 g/mol. The Morgan fingerprint density at radius 1 is 0.929 bits per heavy atom. The van der Waals surface area contributed by atoms with E-state index in [1.54, 1.807) is 35.2 Å². The number of hydrogen-bond donors (Lipinski definition) is 3. The number of ether oxygens (including phenoxy) is 1. The Hall–Kier alpha value is -4.63. The smallest absolute Gasteiger partial charge is 0.281 e. The maximum absolute atomic E-state index is 13.0. The Bertz CT molecular complexity index is 1710. The van der Waals surface area contributed by atoms with Gasteiger partial charge < -0.3 is 19.9 Å². The number of anilines is 2. The van der Waals surface area contributed by atoms with E-state index >= 15 is 0 Å². The number of likely N-dealkylation sites (N-methyl/N-ethyl adjacent to an activating group) is 1. The van der Waals surface area contributed by atoms with Crippen molar-refractivity contribution in [2.24, 2.45) is 0 Å². The van der Waals surface area contributed by atoms with Crippen LogP contribution in [0.5, 0.6) is 5.75 Å². The van der Waals surface area contributed by atoms with Gasteiger partial charge in [-0.25, -0.2) is 0 Å². The third-order valence-electron chi connectivity index (χ3n) is 6.91. The van der Waals surface area contributed by atoms with Gasteiger partial charge in [-0.15, -0.1) is 11.3 Å². The number of hydrazine groups is 1. The van der Waals surface area contributed by atoms with Gasteiger partial charge in [0.05, 0.1) is 29.3 Å². The minimum Gasteiger partial charge on any atom is -0.496 e. The summed E-state index contributed by atoms with van der Waals surface area (Å²) in [6.45, 7) is 2.84. The summed E-state index contributed by atoms with van der Waals surface area (Å²) >= 11 is 7.71. The van der Waals surface area contributed by atoms with Gasteiger partial charge in [-0.3, -0.25) is 25.2 Å². The number of rotatable bonds is 6. The zero-order valence-electron chi connectivity index (χ0n) is 22.9. The van der Waals surface area contributed by atoms with Gasteiger partial charge in [-0.1, -0.05) is 11.6 Å². The highest BCUT2D eigenvalue weighted by Gasteiger charge is 2.23. The van der Waals surface area contributed by atoms with Crippen LogP contribution in [-0.4, -0.2) is 67.9 Å². The van der Waals surface area contributed by atoms with Crippen molar-refractivity contribution in [2.45, 2.75) is 0 Å². The summed E-state index contributed by atoms with van der Waals surface area (Å²) < 4.78 is 6.16. The Kier molecular flexibility index (Phi) is 8.59. The predicted molar refractivity (Wildman–Crippen MR) is 163 cm³/mol. The van der Waals surface area contributed by atoms with Crippen LogP contribution in [-0.2, 0) is 0 Å². The summed E-state index contributed by atoms with van der Waals surface area (Å²) in [6, 6.07) is 19.3. The number of nitrogens with one attached hydrogen (secondary N) is 3. The Balaban J connectivity index is 1.25. The van der Waals surface area contributed by atoms with Crippen LogP contribution in [0.15, 0.2) is 60.7 Å². The van der Waals surface area contributed by atoms with Crippen molar-refractivity contribution in [2.75, 3.05) is 45.7 Å². The number of nitrogens with zero attached hydrogens (tertiary/aromatic N) is 3. The molecule has 0 atom stereocenters. The highest BCUT2D eigenvalue weighted by Crippen LogP contribution is 2.37. The Labute approximate surface area is 251 Å². The molecule has 0 bridgehead atoms. The fourth-order valence-corrected chi connectivity index (χ4v) is 5.98. The molecule has 0 unspecified atom stereocenters. The van der Waals surface area contributed by atoms with Crippen LogP contribution >= 0.6 is 22.9 Å². The summed E-state index contributed by atoms with van der Waals surface area (Å²) in [5.41, 5.74) is 7.56. The number of methoxy groups -OCH3 is 1. The van der Waals surface area contributed by atoms with Gasteiger partial charge in [0.25, 0.3) is 17.7 Å². The second-order valence-electron chi connectivity index (χ2n) is 9.69. The average Bonchev–Trinajstić information content (AvgIpc) is 3.35. The molecule has 0 radical (unpaired) electrons. The molecular formula is C30H27ClN6O4S. The quantitative estimate of drug-likeness (QED) is 0.274. The molecule has 1 aromatic heterocycles. The molecule has 1 saturated heterocycles. The van der Waals surface area contributed by atoms with Gasteiger partial charge in [-0.2, -0.15) is 5.26 Å². The zero-order chi connectivity index (χ0) is 29.8. The number of amides is 3. The van der Waals surface area contributed by atoms with Crippen molar-refractivity contribution in [1.82, 2.24) is 20.7 Å². The van der Waals surface area contributed by atoms with Gasteiger partial charge in [-0.05, 0) is 67.7 Å². The molecule has 1 aliphatic rings. The highest BCUT2D eigenvalue weighted by molar-refractivity contribution is 7.21.